The van der Waals surface area contributed by atoms with Gasteiger partial charge in [0.05, 0.1) is 0 Å². The van der Waals surface area contributed by atoms with Gasteiger partial charge in [0.15, 0.2) is 0 Å². The van der Waals surface area contributed by atoms with E-state index < -0.39 is 11.7 Å². The van der Waals surface area contributed by atoms with Crippen LogP contribution >= 0.6 is 0 Å². The number of ketones is 1. The topological polar surface area (TPSA) is 55.4 Å². The Morgan fingerprint density at radius 3 is 2.29 bits per heavy atom. The SMILES string of the molecule is CCC(=O)CCNC(=O)OC(C)(C)C. The Bertz CT molecular complexity index is 206. The molecular weight excluding hydrogens is 182 g/mol. The Balaban J connectivity index is 3.60. The molecule has 0 atom stereocenters. The van der Waals surface area contributed by atoms with Gasteiger partial charge in [0.2, 0.25) is 0 Å². The van der Waals surface area contributed by atoms with Crippen LogP contribution in [0.1, 0.15) is 40.5 Å². The molecule has 0 saturated carbocycles. The molecule has 0 aromatic heterocycles. The average molecular weight is 201 g/mol. The fourth-order valence-corrected chi connectivity index (χ4v) is 0.795. The molecule has 0 unspecified atom stereocenters. The number of alkyl carbamates (subject to hydrolysis) is 1. The summed E-state index contributed by atoms with van der Waals surface area (Å²) < 4.78 is 4.99. The lowest BCUT2D eigenvalue weighted by molar-refractivity contribution is -0.118. The molecule has 0 bridgehead atoms. The monoisotopic (exact) mass is 201 g/mol. The van der Waals surface area contributed by atoms with Crippen LogP contribution in [0, 0.1) is 0 Å². The van der Waals surface area contributed by atoms with E-state index >= 15 is 0 Å². The van der Waals surface area contributed by atoms with E-state index in [1.165, 1.54) is 0 Å². The van der Waals surface area contributed by atoms with Crippen molar-refractivity contribution < 1.29 is 14.3 Å². The third kappa shape index (κ3) is 7.58. The molecule has 0 radical (unpaired) electrons. The summed E-state index contributed by atoms with van der Waals surface area (Å²) in [5.74, 6) is 0.140. The number of ether oxygens (including phenoxy) is 1. The van der Waals surface area contributed by atoms with Gasteiger partial charge in [-0.2, -0.15) is 0 Å². The fourth-order valence-electron chi connectivity index (χ4n) is 0.795. The summed E-state index contributed by atoms with van der Waals surface area (Å²) in [5.41, 5.74) is -0.487. The molecule has 1 amide bonds. The van der Waals surface area contributed by atoms with Crippen LogP contribution in [-0.2, 0) is 9.53 Å². The van der Waals surface area contributed by atoms with Crippen molar-refractivity contribution in [2.24, 2.45) is 0 Å². The highest BCUT2D eigenvalue weighted by atomic mass is 16.6. The second-order valence-corrected chi connectivity index (χ2v) is 4.07. The molecule has 0 aromatic rings. The molecule has 0 aliphatic heterocycles. The van der Waals surface area contributed by atoms with Gasteiger partial charge >= 0.3 is 6.09 Å². The first-order valence-electron chi connectivity index (χ1n) is 4.83. The van der Waals surface area contributed by atoms with Crippen molar-refractivity contribution >= 4 is 11.9 Å². The van der Waals surface area contributed by atoms with Crippen molar-refractivity contribution in [2.45, 2.75) is 46.1 Å². The summed E-state index contributed by atoms with van der Waals surface area (Å²) in [4.78, 5) is 22.0. The zero-order chi connectivity index (χ0) is 11.2. The molecule has 0 saturated heterocycles. The van der Waals surface area contributed by atoms with E-state index in [1.54, 1.807) is 27.7 Å². The number of hydrogen-bond acceptors (Lipinski definition) is 3. The van der Waals surface area contributed by atoms with Crippen molar-refractivity contribution in [3.8, 4) is 0 Å². The van der Waals surface area contributed by atoms with Crippen LogP contribution in [-0.4, -0.2) is 24.0 Å². The summed E-state index contributed by atoms with van der Waals surface area (Å²) in [6.45, 7) is 7.54. The third-order valence-corrected chi connectivity index (χ3v) is 1.47. The van der Waals surface area contributed by atoms with Gasteiger partial charge in [-0.15, -0.1) is 0 Å². The number of carbonyl (C=O) groups excluding carboxylic acids is 2. The lowest BCUT2D eigenvalue weighted by atomic mass is 10.2. The predicted molar refractivity (Wildman–Crippen MR) is 54.2 cm³/mol. The van der Waals surface area contributed by atoms with Gasteiger partial charge in [0, 0.05) is 19.4 Å². The van der Waals surface area contributed by atoms with E-state index in [0.717, 1.165) is 0 Å². The van der Waals surface area contributed by atoms with Crippen molar-refractivity contribution in [3.63, 3.8) is 0 Å². The standard InChI is InChI=1S/C10H19NO3/c1-5-8(12)6-7-11-9(13)14-10(2,3)4/h5-7H2,1-4H3,(H,11,13). The molecule has 82 valence electrons. The van der Waals surface area contributed by atoms with Gasteiger partial charge in [-0.3, -0.25) is 4.79 Å². The average Bonchev–Trinajstić information content (AvgIpc) is 2.00. The first-order valence-corrected chi connectivity index (χ1v) is 4.83. The van der Waals surface area contributed by atoms with E-state index in [0.29, 0.717) is 19.4 Å². The largest absolute Gasteiger partial charge is 0.444 e. The number of nitrogens with one attached hydrogen (secondary N) is 1. The maximum absolute atomic E-state index is 11.1. The summed E-state index contributed by atoms with van der Waals surface area (Å²) >= 11 is 0. The highest BCUT2D eigenvalue weighted by Gasteiger charge is 2.15. The van der Waals surface area contributed by atoms with Gasteiger partial charge in [0.25, 0.3) is 0 Å². The van der Waals surface area contributed by atoms with Gasteiger partial charge in [-0.25, -0.2) is 4.79 Å². The number of carbonyl (C=O) groups is 2. The molecule has 0 rings (SSSR count). The number of hydrogen-bond donors (Lipinski definition) is 1. The van der Waals surface area contributed by atoms with Gasteiger partial charge in [0.1, 0.15) is 11.4 Å². The van der Waals surface area contributed by atoms with Crippen LogP contribution < -0.4 is 5.32 Å². The van der Waals surface area contributed by atoms with E-state index in [-0.39, 0.29) is 5.78 Å². The smallest absolute Gasteiger partial charge is 0.407 e. The van der Waals surface area contributed by atoms with Gasteiger partial charge in [-0.05, 0) is 20.8 Å². The Morgan fingerprint density at radius 1 is 1.29 bits per heavy atom. The van der Waals surface area contributed by atoms with Crippen molar-refractivity contribution in [3.05, 3.63) is 0 Å². The Morgan fingerprint density at radius 2 is 1.86 bits per heavy atom. The lowest BCUT2D eigenvalue weighted by Crippen LogP contribution is -2.33. The minimum atomic E-state index is -0.487. The highest BCUT2D eigenvalue weighted by Crippen LogP contribution is 2.06. The van der Waals surface area contributed by atoms with Gasteiger partial charge < -0.3 is 10.1 Å². The van der Waals surface area contributed by atoms with Crippen molar-refractivity contribution in [1.29, 1.82) is 0 Å². The van der Waals surface area contributed by atoms with Crippen LogP contribution in [0.4, 0.5) is 4.79 Å². The van der Waals surface area contributed by atoms with Crippen LogP contribution in [0.2, 0.25) is 0 Å². The molecule has 4 heteroatoms. The normalized spacial score (nSPS) is 10.9. The third-order valence-electron chi connectivity index (χ3n) is 1.47. The summed E-state index contributed by atoms with van der Waals surface area (Å²) in [5, 5.41) is 2.52. The number of rotatable bonds is 4. The van der Waals surface area contributed by atoms with E-state index in [1.807, 2.05) is 0 Å². The molecule has 0 aliphatic carbocycles. The molecule has 0 spiro atoms. The fraction of sp³-hybridized carbons (Fsp3) is 0.800. The Kier molecular flexibility index (Phi) is 5.20. The highest BCUT2D eigenvalue weighted by molar-refractivity contribution is 5.78. The van der Waals surface area contributed by atoms with E-state index in [4.69, 9.17) is 4.74 Å². The van der Waals surface area contributed by atoms with E-state index in [2.05, 4.69) is 5.32 Å². The maximum Gasteiger partial charge on any atom is 0.407 e. The first kappa shape index (κ1) is 12.9. The zero-order valence-corrected chi connectivity index (χ0v) is 9.35. The minimum absolute atomic E-state index is 0.140. The van der Waals surface area contributed by atoms with Crippen LogP contribution in [0.5, 0.6) is 0 Å². The lowest BCUT2D eigenvalue weighted by Gasteiger charge is -2.19. The maximum atomic E-state index is 11.1. The first-order chi connectivity index (χ1) is 6.35. The van der Waals surface area contributed by atoms with Crippen molar-refractivity contribution in [1.82, 2.24) is 5.32 Å². The van der Waals surface area contributed by atoms with Crippen LogP contribution in [0.3, 0.4) is 0 Å². The molecule has 4 nitrogen and oxygen atoms in total. The number of Topliss-reactive ketones (excluding diaryl/α,β-unsaturated/α-hetero) is 1. The Hall–Kier alpha value is -1.06. The summed E-state index contributed by atoms with van der Waals surface area (Å²) in [6, 6.07) is 0. The summed E-state index contributed by atoms with van der Waals surface area (Å²) in [7, 11) is 0. The second-order valence-electron chi connectivity index (χ2n) is 4.07. The molecule has 14 heavy (non-hydrogen) atoms. The molecular formula is C10H19NO3. The molecule has 0 aliphatic rings. The number of amides is 1. The zero-order valence-electron chi connectivity index (χ0n) is 9.35. The second kappa shape index (κ2) is 5.62. The summed E-state index contributed by atoms with van der Waals surface area (Å²) in [6.07, 6.45) is 0.410. The van der Waals surface area contributed by atoms with Crippen LogP contribution in [0.15, 0.2) is 0 Å². The van der Waals surface area contributed by atoms with Gasteiger partial charge in [-0.1, -0.05) is 6.92 Å². The Labute approximate surface area is 85.0 Å². The van der Waals surface area contributed by atoms with E-state index in [9.17, 15) is 9.59 Å². The molecule has 0 aromatic carbocycles. The predicted octanol–water partition coefficient (Wildman–Crippen LogP) is 1.88. The minimum Gasteiger partial charge on any atom is -0.444 e. The molecule has 0 heterocycles. The van der Waals surface area contributed by atoms with Crippen molar-refractivity contribution in [2.75, 3.05) is 6.54 Å². The molecule has 0 fully saturated rings. The quantitative estimate of drug-likeness (QED) is 0.755. The molecule has 1 N–H and O–H groups in total. The van der Waals surface area contributed by atoms with Crippen LogP contribution in [0.25, 0.3) is 0 Å².